The van der Waals surface area contributed by atoms with Crippen LogP contribution in [0, 0.1) is 0 Å². The Morgan fingerprint density at radius 2 is 2.00 bits per heavy atom. The normalized spacial score (nSPS) is 13.9. The maximum Gasteiger partial charge on any atom is 0.0153 e. The molecule has 60 valence electrons. The Labute approximate surface area is 68.5 Å². The van der Waals surface area contributed by atoms with E-state index >= 15 is 0 Å². The average molecular weight is 162 g/mol. The van der Waals surface area contributed by atoms with Crippen molar-refractivity contribution in [1.29, 1.82) is 0 Å². The SMILES string of the molecule is C/C(Cl)=C\CNC(C)(C)C. The summed E-state index contributed by atoms with van der Waals surface area (Å²) in [4.78, 5) is 0. The zero-order valence-corrected chi connectivity index (χ0v) is 7.92. The Kier molecular flexibility index (Phi) is 3.99. The summed E-state index contributed by atoms with van der Waals surface area (Å²) in [7, 11) is 0. The molecule has 0 heterocycles. The van der Waals surface area contributed by atoms with Crippen molar-refractivity contribution in [2.45, 2.75) is 33.2 Å². The molecule has 0 aliphatic carbocycles. The third-order valence-electron chi connectivity index (χ3n) is 1.02. The topological polar surface area (TPSA) is 12.0 Å². The molecular formula is C8H16ClN. The highest BCUT2D eigenvalue weighted by Gasteiger charge is 2.05. The minimum Gasteiger partial charge on any atom is -0.309 e. The van der Waals surface area contributed by atoms with Crippen molar-refractivity contribution in [2.75, 3.05) is 6.54 Å². The summed E-state index contributed by atoms with van der Waals surface area (Å²) in [5.41, 5.74) is 0.183. The summed E-state index contributed by atoms with van der Waals surface area (Å²) in [6.45, 7) is 9.12. The van der Waals surface area contributed by atoms with Gasteiger partial charge in [-0.1, -0.05) is 17.7 Å². The second-order valence-electron chi connectivity index (χ2n) is 3.42. The fourth-order valence-corrected chi connectivity index (χ4v) is 0.575. The minimum absolute atomic E-state index is 0.183. The van der Waals surface area contributed by atoms with Crippen LogP contribution in [0.5, 0.6) is 0 Å². The van der Waals surface area contributed by atoms with E-state index < -0.39 is 0 Å². The Morgan fingerprint density at radius 1 is 1.50 bits per heavy atom. The molecule has 0 unspecified atom stereocenters. The van der Waals surface area contributed by atoms with Crippen molar-refractivity contribution < 1.29 is 0 Å². The van der Waals surface area contributed by atoms with Gasteiger partial charge in [-0.3, -0.25) is 0 Å². The molecule has 2 heteroatoms. The number of halogens is 1. The molecule has 0 atom stereocenters. The number of allylic oxidation sites excluding steroid dienone is 1. The second-order valence-corrected chi connectivity index (χ2v) is 4.02. The van der Waals surface area contributed by atoms with Gasteiger partial charge < -0.3 is 5.32 Å². The number of hydrogen-bond donors (Lipinski definition) is 1. The van der Waals surface area contributed by atoms with Crippen LogP contribution in [0.3, 0.4) is 0 Å². The van der Waals surface area contributed by atoms with E-state index in [1.807, 2.05) is 13.0 Å². The predicted octanol–water partition coefficient (Wildman–Crippen LogP) is 2.52. The first-order valence-corrected chi connectivity index (χ1v) is 3.87. The summed E-state index contributed by atoms with van der Waals surface area (Å²) in [6, 6.07) is 0. The third-order valence-corrected chi connectivity index (χ3v) is 1.17. The molecule has 0 fully saturated rings. The molecule has 0 aliphatic rings. The van der Waals surface area contributed by atoms with E-state index in [1.54, 1.807) is 0 Å². The van der Waals surface area contributed by atoms with Crippen LogP contribution in [0.1, 0.15) is 27.7 Å². The maximum atomic E-state index is 5.63. The minimum atomic E-state index is 0.183. The molecule has 0 saturated heterocycles. The lowest BCUT2D eigenvalue weighted by Gasteiger charge is -2.18. The molecule has 0 rings (SSSR count). The fraction of sp³-hybridized carbons (Fsp3) is 0.750. The summed E-state index contributed by atoms with van der Waals surface area (Å²) in [5.74, 6) is 0. The Hall–Kier alpha value is -0.0100. The van der Waals surface area contributed by atoms with Gasteiger partial charge in [0.05, 0.1) is 0 Å². The maximum absolute atomic E-state index is 5.63. The van der Waals surface area contributed by atoms with E-state index in [9.17, 15) is 0 Å². The van der Waals surface area contributed by atoms with Gasteiger partial charge in [0.25, 0.3) is 0 Å². The monoisotopic (exact) mass is 161 g/mol. The largest absolute Gasteiger partial charge is 0.309 e. The highest BCUT2D eigenvalue weighted by atomic mass is 35.5. The number of hydrogen-bond acceptors (Lipinski definition) is 1. The lowest BCUT2D eigenvalue weighted by molar-refractivity contribution is 0.449. The zero-order chi connectivity index (χ0) is 8.20. The van der Waals surface area contributed by atoms with E-state index in [0.717, 1.165) is 11.6 Å². The highest BCUT2D eigenvalue weighted by Crippen LogP contribution is 2.00. The molecule has 0 aromatic heterocycles. The predicted molar refractivity (Wildman–Crippen MR) is 47.4 cm³/mol. The zero-order valence-electron chi connectivity index (χ0n) is 7.16. The molecule has 0 aromatic carbocycles. The van der Waals surface area contributed by atoms with Gasteiger partial charge >= 0.3 is 0 Å². The standard InChI is InChI=1S/C8H16ClN/c1-7(9)5-6-10-8(2,3)4/h5,10H,6H2,1-4H3/b7-5+. The molecule has 0 aliphatic heterocycles. The molecule has 0 spiro atoms. The first kappa shape index (κ1) is 9.99. The van der Waals surface area contributed by atoms with Crippen LogP contribution in [0.2, 0.25) is 0 Å². The first-order valence-electron chi connectivity index (χ1n) is 3.49. The quantitative estimate of drug-likeness (QED) is 0.657. The van der Waals surface area contributed by atoms with Gasteiger partial charge in [-0.25, -0.2) is 0 Å². The van der Waals surface area contributed by atoms with Crippen molar-refractivity contribution in [3.8, 4) is 0 Å². The molecule has 1 nitrogen and oxygen atoms in total. The average Bonchev–Trinajstić information content (AvgIpc) is 1.59. The van der Waals surface area contributed by atoms with Crippen LogP contribution in [0.4, 0.5) is 0 Å². The third kappa shape index (κ3) is 7.99. The number of nitrogens with one attached hydrogen (secondary N) is 1. The molecule has 0 amide bonds. The van der Waals surface area contributed by atoms with Gasteiger partial charge in [-0.2, -0.15) is 0 Å². The van der Waals surface area contributed by atoms with Gasteiger partial charge in [0.15, 0.2) is 0 Å². The van der Waals surface area contributed by atoms with Crippen LogP contribution >= 0.6 is 11.6 Å². The van der Waals surface area contributed by atoms with Crippen molar-refractivity contribution in [2.24, 2.45) is 0 Å². The summed E-state index contributed by atoms with van der Waals surface area (Å²) >= 11 is 5.63. The van der Waals surface area contributed by atoms with E-state index in [4.69, 9.17) is 11.6 Å². The van der Waals surface area contributed by atoms with Crippen molar-refractivity contribution in [1.82, 2.24) is 5.32 Å². The molecule has 10 heavy (non-hydrogen) atoms. The van der Waals surface area contributed by atoms with Crippen LogP contribution < -0.4 is 5.32 Å². The van der Waals surface area contributed by atoms with Crippen LogP contribution in [-0.4, -0.2) is 12.1 Å². The summed E-state index contributed by atoms with van der Waals surface area (Å²) < 4.78 is 0. The van der Waals surface area contributed by atoms with Gasteiger partial charge in [-0.05, 0) is 27.7 Å². The molecule has 1 N–H and O–H groups in total. The van der Waals surface area contributed by atoms with Gasteiger partial charge in [0.2, 0.25) is 0 Å². The van der Waals surface area contributed by atoms with Crippen LogP contribution in [0.25, 0.3) is 0 Å². The molecule has 0 saturated carbocycles. The van der Waals surface area contributed by atoms with E-state index in [-0.39, 0.29) is 5.54 Å². The van der Waals surface area contributed by atoms with E-state index in [0.29, 0.717) is 0 Å². The molecular weight excluding hydrogens is 146 g/mol. The second kappa shape index (κ2) is 3.99. The van der Waals surface area contributed by atoms with E-state index in [2.05, 4.69) is 26.1 Å². The van der Waals surface area contributed by atoms with Gasteiger partial charge in [-0.15, -0.1) is 0 Å². The lowest BCUT2D eigenvalue weighted by Crippen LogP contribution is -2.35. The Morgan fingerprint density at radius 3 is 2.30 bits per heavy atom. The number of rotatable bonds is 2. The molecule has 0 radical (unpaired) electrons. The smallest absolute Gasteiger partial charge is 0.0153 e. The van der Waals surface area contributed by atoms with Crippen molar-refractivity contribution >= 4 is 11.6 Å². The van der Waals surface area contributed by atoms with Crippen molar-refractivity contribution in [3.63, 3.8) is 0 Å². The Balaban J connectivity index is 3.47. The van der Waals surface area contributed by atoms with E-state index in [1.165, 1.54) is 0 Å². The van der Waals surface area contributed by atoms with Gasteiger partial charge in [0.1, 0.15) is 0 Å². The van der Waals surface area contributed by atoms with Crippen LogP contribution in [0.15, 0.2) is 11.1 Å². The first-order chi connectivity index (χ1) is 4.42. The highest BCUT2D eigenvalue weighted by molar-refractivity contribution is 6.29. The summed E-state index contributed by atoms with van der Waals surface area (Å²) in [6.07, 6.45) is 1.97. The summed E-state index contributed by atoms with van der Waals surface area (Å²) in [5, 5.41) is 4.14. The van der Waals surface area contributed by atoms with Gasteiger partial charge in [0, 0.05) is 17.1 Å². The lowest BCUT2D eigenvalue weighted by atomic mass is 10.1. The Bertz CT molecular complexity index is 118. The van der Waals surface area contributed by atoms with Crippen LogP contribution in [-0.2, 0) is 0 Å². The van der Waals surface area contributed by atoms with Crippen molar-refractivity contribution in [3.05, 3.63) is 11.1 Å². The fourth-order valence-electron chi connectivity index (χ4n) is 0.498. The molecule has 0 aromatic rings. The molecule has 0 bridgehead atoms.